The first-order valence-corrected chi connectivity index (χ1v) is 4.91. The highest BCUT2D eigenvalue weighted by Gasteiger charge is 2.29. The molecule has 0 spiro atoms. The van der Waals surface area contributed by atoms with Gasteiger partial charge in [0, 0.05) is 11.6 Å². The van der Waals surface area contributed by atoms with Crippen LogP contribution in [0.3, 0.4) is 0 Å². The number of para-hydroxylation sites is 1. The second-order valence-electron chi connectivity index (χ2n) is 3.88. The third-order valence-corrected chi connectivity index (χ3v) is 2.40. The number of aliphatic carboxylic acids is 1. The van der Waals surface area contributed by atoms with Gasteiger partial charge in [-0.25, -0.2) is 0 Å². The minimum Gasteiger partial charge on any atom is -0.481 e. The van der Waals surface area contributed by atoms with E-state index in [1.54, 1.807) is 19.9 Å². The second-order valence-corrected chi connectivity index (χ2v) is 3.88. The third kappa shape index (κ3) is 2.36. The predicted molar refractivity (Wildman–Crippen MR) is 58.3 cm³/mol. The first-order valence-electron chi connectivity index (χ1n) is 4.91. The molecule has 0 aliphatic carbocycles. The molecule has 1 rings (SSSR count). The van der Waals surface area contributed by atoms with E-state index >= 15 is 0 Å². The maximum Gasteiger partial charge on any atom is 0.311 e. The van der Waals surface area contributed by atoms with Crippen molar-refractivity contribution in [2.24, 2.45) is 5.92 Å². The number of hydrogen-bond donors (Lipinski definition) is 1. The number of rotatable bonds is 4. The summed E-state index contributed by atoms with van der Waals surface area (Å²) in [5.74, 6) is -2.08. The minimum absolute atomic E-state index is 0.136. The monoisotopic (exact) mass is 223 g/mol. The fraction of sp³-hybridized carbons (Fsp3) is 0.364. The molecule has 0 aliphatic rings. The summed E-state index contributed by atoms with van der Waals surface area (Å²) < 4.78 is 0. The van der Waals surface area contributed by atoms with Crippen LogP contribution in [0.1, 0.15) is 25.3 Å². The molecule has 1 aromatic carbocycles. The van der Waals surface area contributed by atoms with Crippen LogP contribution in [0.2, 0.25) is 0 Å². The summed E-state index contributed by atoms with van der Waals surface area (Å²) in [6, 6.07) is 5.96. The van der Waals surface area contributed by atoms with Gasteiger partial charge in [-0.1, -0.05) is 32.0 Å². The first kappa shape index (κ1) is 12.2. The molecule has 1 atom stereocenters. The van der Waals surface area contributed by atoms with Crippen LogP contribution < -0.4 is 0 Å². The van der Waals surface area contributed by atoms with Crippen LogP contribution in [0, 0.1) is 16.0 Å². The van der Waals surface area contributed by atoms with E-state index < -0.39 is 16.8 Å². The summed E-state index contributed by atoms with van der Waals surface area (Å²) >= 11 is 0. The Kier molecular flexibility index (Phi) is 3.60. The van der Waals surface area contributed by atoms with Gasteiger partial charge in [-0.2, -0.15) is 0 Å². The number of nitrogens with zero attached hydrogens (tertiary/aromatic N) is 1. The van der Waals surface area contributed by atoms with Gasteiger partial charge in [-0.05, 0) is 5.92 Å². The molecule has 0 fully saturated rings. The van der Waals surface area contributed by atoms with Crippen molar-refractivity contribution in [2.45, 2.75) is 19.8 Å². The topological polar surface area (TPSA) is 80.4 Å². The number of carboxylic acids is 1. The quantitative estimate of drug-likeness (QED) is 0.627. The van der Waals surface area contributed by atoms with E-state index in [4.69, 9.17) is 5.11 Å². The van der Waals surface area contributed by atoms with E-state index in [1.807, 2.05) is 0 Å². The van der Waals surface area contributed by atoms with Crippen LogP contribution in [0.5, 0.6) is 0 Å². The van der Waals surface area contributed by atoms with Crippen molar-refractivity contribution in [1.29, 1.82) is 0 Å². The van der Waals surface area contributed by atoms with Crippen molar-refractivity contribution in [3.8, 4) is 0 Å². The summed E-state index contributed by atoms with van der Waals surface area (Å²) in [6.45, 7) is 3.46. The van der Waals surface area contributed by atoms with Crippen molar-refractivity contribution >= 4 is 11.7 Å². The summed E-state index contributed by atoms with van der Waals surface area (Å²) in [7, 11) is 0. The Bertz CT molecular complexity index is 414. The number of nitro groups is 1. The highest BCUT2D eigenvalue weighted by atomic mass is 16.6. The molecule has 0 bridgehead atoms. The van der Waals surface area contributed by atoms with Crippen LogP contribution in [0.15, 0.2) is 24.3 Å². The lowest BCUT2D eigenvalue weighted by Gasteiger charge is -2.16. The Hall–Kier alpha value is -1.91. The molecule has 1 unspecified atom stereocenters. The van der Waals surface area contributed by atoms with Crippen LogP contribution in [0.4, 0.5) is 5.69 Å². The first-order chi connectivity index (χ1) is 7.45. The molecule has 0 heterocycles. The zero-order chi connectivity index (χ0) is 12.3. The van der Waals surface area contributed by atoms with Crippen molar-refractivity contribution in [2.75, 3.05) is 0 Å². The lowest BCUT2D eigenvalue weighted by atomic mass is 9.87. The van der Waals surface area contributed by atoms with Crippen molar-refractivity contribution in [1.82, 2.24) is 0 Å². The van der Waals surface area contributed by atoms with Crippen LogP contribution in [-0.4, -0.2) is 16.0 Å². The van der Waals surface area contributed by atoms with Crippen LogP contribution in [0.25, 0.3) is 0 Å². The molecule has 0 saturated carbocycles. The van der Waals surface area contributed by atoms with Gasteiger partial charge in [0.05, 0.1) is 10.8 Å². The van der Waals surface area contributed by atoms with E-state index in [-0.39, 0.29) is 17.2 Å². The molecule has 0 amide bonds. The number of benzene rings is 1. The molecule has 16 heavy (non-hydrogen) atoms. The zero-order valence-corrected chi connectivity index (χ0v) is 9.08. The van der Waals surface area contributed by atoms with Gasteiger partial charge >= 0.3 is 5.97 Å². The largest absolute Gasteiger partial charge is 0.481 e. The van der Waals surface area contributed by atoms with E-state index in [9.17, 15) is 14.9 Å². The van der Waals surface area contributed by atoms with Crippen molar-refractivity contribution in [3.63, 3.8) is 0 Å². The average Bonchev–Trinajstić information content (AvgIpc) is 2.17. The summed E-state index contributed by atoms with van der Waals surface area (Å²) in [4.78, 5) is 21.3. The number of carboxylic acid groups (broad SMARTS) is 1. The predicted octanol–water partition coefficient (Wildman–Crippen LogP) is 2.42. The SMILES string of the molecule is CC(C)C(C(=O)O)c1ccccc1[N+](=O)[O-]. The number of hydrogen-bond acceptors (Lipinski definition) is 3. The summed E-state index contributed by atoms with van der Waals surface area (Å²) in [5.41, 5.74) is 0.124. The normalized spacial score (nSPS) is 12.4. The summed E-state index contributed by atoms with van der Waals surface area (Å²) in [5, 5.41) is 19.9. The Morgan fingerprint density at radius 1 is 1.38 bits per heavy atom. The molecule has 1 aromatic rings. The Morgan fingerprint density at radius 2 is 1.94 bits per heavy atom. The second kappa shape index (κ2) is 4.74. The van der Waals surface area contributed by atoms with E-state index in [2.05, 4.69) is 0 Å². The van der Waals surface area contributed by atoms with Gasteiger partial charge in [0.2, 0.25) is 0 Å². The Balaban J connectivity index is 3.29. The van der Waals surface area contributed by atoms with Gasteiger partial charge in [-0.3, -0.25) is 14.9 Å². The molecule has 0 aromatic heterocycles. The third-order valence-electron chi connectivity index (χ3n) is 2.40. The smallest absolute Gasteiger partial charge is 0.311 e. The molecule has 5 nitrogen and oxygen atoms in total. The van der Waals surface area contributed by atoms with E-state index in [0.717, 1.165) is 0 Å². The zero-order valence-electron chi connectivity index (χ0n) is 9.08. The number of nitro benzene ring substituents is 1. The lowest BCUT2D eigenvalue weighted by molar-refractivity contribution is -0.385. The molecular formula is C11H13NO4. The van der Waals surface area contributed by atoms with Crippen LogP contribution in [-0.2, 0) is 4.79 Å². The van der Waals surface area contributed by atoms with E-state index in [1.165, 1.54) is 18.2 Å². The Morgan fingerprint density at radius 3 is 2.38 bits per heavy atom. The van der Waals surface area contributed by atoms with Crippen molar-refractivity contribution in [3.05, 3.63) is 39.9 Å². The standard InChI is InChI=1S/C11H13NO4/c1-7(2)10(11(13)14)8-5-3-4-6-9(8)12(15)16/h3-7,10H,1-2H3,(H,13,14). The molecule has 0 aliphatic heterocycles. The molecule has 0 saturated heterocycles. The van der Waals surface area contributed by atoms with Crippen molar-refractivity contribution < 1.29 is 14.8 Å². The summed E-state index contributed by atoms with van der Waals surface area (Å²) in [6.07, 6.45) is 0. The molecule has 1 N–H and O–H groups in total. The molecular weight excluding hydrogens is 210 g/mol. The maximum absolute atomic E-state index is 11.1. The van der Waals surface area contributed by atoms with Gasteiger partial charge in [0.15, 0.2) is 0 Å². The lowest BCUT2D eigenvalue weighted by Crippen LogP contribution is -2.18. The fourth-order valence-electron chi connectivity index (χ4n) is 1.69. The van der Waals surface area contributed by atoms with Gasteiger partial charge in [0.1, 0.15) is 0 Å². The van der Waals surface area contributed by atoms with Gasteiger partial charge in [-0.15, -0.1) is 0 Å². The van der Waals surface area contributed by atoms with Gasteiger partial charge < -0.3 is 5.11 Å². The van der Waals surface area contributed by atoms with E-state index in [0.29, 0.717) is 0 Å². The Labute approximate surface area is 92.9 Å². The molecule has 0 radical (unpaired) electrons. The fourth-order valence-corrected chi connectivity index (χ4v) is 1.69. The average molecular weight is 223 g/mol. The maximum atomic E-state index is 11.1. The van der Waals surface area contributed by atoms with Gasteiger partial charge in [0.25, 0.3) is 5.69 Å². The highest BCUT2D eigenvalue weighted by Crippen LogP contribution is 2.31. The molecule has 5 heteroatoms. The molecule has 86 valence electrons. The van der Waals surface area contributed by atoms with Crippen LogP contribution >= 0.6 is 0 Å². The number of carbonyl (C=O) groups is 1. The minimum atomic E-state index is -1.04. The highest BCUT2D eigenvalue weighted by molar-refractivity contribution is 5.78.